The topological polar surface area (TPSA) is 88.5 Å². The third-order valence-electron chi connectivity index (χ3n) is 5.61. The highest BCUT2D eigenvalue weighted by Gasteiger charge is 2.26. The van der Waals surface area contributed by atoms with Crippen LogP contribution in [-0.2, 0) is 21.4 Å². The van der Waals surface area contributed by atoms with Crippen LogP contribution in [0, 0.1) is 11.6 Å². The molecule has 1 aromatic heterocycles. The number of fused-ring (bicyclic) bond motifs is 1. The van der Waals surface area contributed by atoms with Crippen LogP contribution in [0.1, 0.15) is 32.1 Å². The van der Waals surface area contributed by atoms with Gasteiger partial charge in [-0.15, -0.1) is 0 Å². The summed E-state index contributed by atoms with van der Waals surface area (Å²) in [6.07, 6.45) is 3.56. The lowest BCUT2D eigenvalue weighted by Gasteiger charge is -2.19. The van der Waals surface area contributed by atoms with Crippen molar-refractivity contribution in [3.05, 3.63) is 57.7 Å². The van der Waals surface area contributed by atoms with E-state index in [9.17, 15) is 26.8 Å². The van der Waals surface area contributed by atoms with Gasteiger partial charge in [0.2, 0.25) is 15.9 Å². The Morgan fingerprint density at radius 1 is 1.03 bits per heavy atom. The van der Waals surface area contributed by atoms with E-state index in [1.165, 1.54) is 21.0 Å². The van der Waals surface area contributed by atoms with Gasteiger partial charge in [0.15, 0.2) is 0 Å². The summed E-state index contributed by atoms with van der Waals surface area (Å²) in [7, 11) is -3.65. The van der Waals surface area contributed by atoms with E-state index in [1.54, 1.807) is 6.07 Å². The van der Waals surface area contributed by atoms with Gasteiger partial charge in [-0.2, -0.15) is 4.31 Å². The monoisotopic (exact) mass is 495 g/mol. The first-order chi connectivity index (χ1) is 15.8. The van der Waals surface area contributed by atoms with Crippen LogP contribution >= 0.6 is 11.3 Å². The standard InChI is InChI=1S/C22H23F2N3O4S2/c23-15-5-7-18(17(24)13-15)25-21(28)9-12-27-19-8-6-16(14-20(19)32-22(27)29)33(30,31)26-10-3-1-2-4-11-26/h5-8,13-14H,1-4,9-12H2,(H,25,28). The summed E-state index contributed by atoms with van der Waals surface area (Å²) in [4.78, 5) is 24.5. The van der Waals surface area contributed by atoms with Gasteiger partial charge in [0.05, 0.1) is 20.8 Å². The zero-order valence-corrected chi connectivity index (χ0v) is 19.4. The second-order valence-corrected chi connectivity index (χ2v) is 10.8. The van der Waals surface area contributed by atoms with Gasteiger partial charge in [0.1, 0.15) is 11.6 Å². The molecule has 1 aliphatic heterocycles. The summed E-state index contributed by atoms with van der Waals surface area (Å²) in [5, 5.41) is 2.36. The molecule has 2 aromatic carbocycles. The molecule has 1 aliphatic rings. The first kappa shape index (κ1) is 23.5. The molecule has 1 saturated heterocycles. The summed E-state index contributed by atoms with van der Waals surface area (Å²) >= 11 is 0.911. The summed E-state index contributed by atoms with van der Waals surface area (Å²) in [6, 6.07) is 7.40. The third-order valence-corrected chi connectivity index (χ3v) is 8.45. The third kappa shape index (κ3) is 5.15. The number of hydrogen-bond acceptors (Lipinski definition) is 5. The number of nitrogens with zero attached hydrogens (tertiary/aromatic N) is 2. The molecule has 7 nitrogen and oxygen atoms in total. The highest BCUT2D eigenvalue weighted by molar-refractivity contribution is 7.89. The maximum Gasteiger partial charge on any atom is 0.308 e. The van der Waals surface area contributed by atoms with Gasteiger partial charge in [-0.1, -0.05) is 24.2 Å². The predicted octanol–water partition coefficient (Wildman–Crippen LogP) is 3.93. The second-order valence-electron chi connectivity index (χ2n) is 7.89. The van der Waals surface area contributed by atoms with Gasteiger partial charge in [-0.25, -0.2) is 17.2 Å². The minimum Gasteiger partial charge on any atom is -0.324 e. The fourth-order valence-corrected chi connectivity index (χ4v) is 6.44. The highest BCUT2D eigenvalue weighted by atomic mass is 32.2. The van der Waals surface area contributed by atoms with Crippen molar-refractivity contribution < 1.29 is 22.0 Å². The quantitative estimate of drug-likeness (QED) is 0.561. The molecule has 0 unspecified atom stereocenters. The number of aromatic nitrogens is 1. The van der Waals surface area contributed by atoms with Crippen molar-refractivity contribution in [1.82, 2.24) is 8.87 Å². The lowest BCUT2D eigenvalue weighted by molar-refractivity contribution is -0.116. The number of carbonyl (C=O) groups is 1. The van der Waals surface area contributed by atoms with E-state index in [-0.39, 0.29) is 28.4 Å². The van der Waals surface area contributed by atoms with Crippen LogP contribution < -0.4 is 10.2 Å². The largest absolute Gasteiger partial charge is 0.324 e. The van der Waals surface area contributed by atoms with Crippen LogP contribution in [0.2, 0.25) is 0 Å². The molecule has 33 heavy (non-hydrogen) atoms. The SMILES string of the molecule is O=C(CCn1c(=O)sc2cc(S(=O)(=O)N3CCCCCC3)ccc21)Nc1ccc(F)cc1F. The number of halogens is 2. The summed E-state index contributed by atoms with van der Waals surface area (Å²) in [5.41, 5.74) is 0.382. The smallest absolute Gasteiger partial charge is 0.308 e. The number of sulfonamides is 1. The lowest BCUT2D eigenvalue weighted by Crippen LogP contribution is -2.31. The minimum atomic E-state index is -3.65. The number of anilines is 1. The normalized spacial score (nSPS) is 15.5. The number of nitrogens with one attached hydrogen (secondary N) is 1. The van der Waals surface area contributed by atoms with E-state index in [4.69, 9.17) is 0 Å². The first-order valence-corrected chi connectivity index (χ1v) is 12.9. The summed E-state index contributed by atoms with van der Waals surface area (Å²) < 4.78 is 56.2. The van der Waals surface area contributed by atoms with Crippen molar-refractivity contribution in [3.63, 3.8) is 0 Å². The molecule has 1 fully saturated rings. The minimum absolute atomic E-state index is 0.0334. The molecule has 0 aliphatic carbocycles. The maximum atomic E-state index is 13.7. The van der Waals surface area contributed by atoms with Crippen LogP contribution in [0.5, 0.6) is 0 Å². The number of benzene rings is 2. The summed E-state index contributed by atoms with van der Waals surface area (Å²) in [5.74, 6) is -2.18. The van der Waals surface area contributed by atoms with Crippen LogP contribution in [0.3, 0.4) is 0 Å². The molecule has 4 rings (SSSR count). The van der Waals surface area contributed by atoms with Crippen molar-refractivity contribution >= 4 is 43.2 Å². The average molecular weight is 496 g/mol. The molecule has 0 bridgehead atoms. The van der Waals surface area contributed by atoms with Crippen molar-refractivity contribution in [3.8, 4) is 0 Å². The zero-order valence-electron chi connectivity index (χ0n) is 17.7. The molecular weight excluding hydrogens is 472 g/mol. The Balaban J connectivity index is 1.50. The fourth-order valence-electron chi connectivity index (χ4n) is 3.87. The first-order valence-electron chi connectivity index (χ1n) is 10.6. The number of thiazole rings is 1. The van der Waals surface area contributed by atoms with Gasteiger partial charge in [0, 0.05) is 32.1 Å². The average Bonchev–Trinajstić information content (AvgIpc) is 2.93. The van der Waals surface area contributed by atoms with E-state index in [0.717, 1.165) is 49.2 Å². The molecule has 176 valence electrons. The number of rotatable bonds is 6. The molecular formula is C22H23F2N3O4S2. The molecule has 1 N–H and O–H groups in total. The molecule has 2 heterocycles. The molecule has 0 spiro atoms. The number of aryl methyl sites for hydroxylation is 1. The Labute approximate surface area is 193 Å². The summed E-state index contributed by atoms with van der Waals surface area (Å²) in [6.45, 7) is 1.01. The van der Waals surface area contributed by atoms with Gasteiger partial charge in [0.25, 0.3) is 0 Å². The Hall–Kier alpha value is -2.63. The van der Waals surface area contributed by atoms with Crippen LogP contribution in [0.25, 0.3) is 10.2 Å². The van der Waals surface area contributed by atoms with Gasteiger partial charge < -0.3 is 5.32 Å². The Morgan fingerprint density at radius 2 is 1.76 bits per heavy atom. The highest BCUT2D eigenvalue weighted by Crippen LogP contribution is 2.26. The van der Waals surface area contributed by atoms with E-state index < -0.39 is 27.6 Å². The number of amides is 1. The van der Waals surface area contributed by atoms with E-state index in [0.29, 0.717) is 29.4 Å². The Kier molecular flexibility index (Phi) is 6.91. The molecule has 0 radical (unpaired) electrons. The predicted molar refractivity (Wildman–Crippen MR) is 123 cm³/mol. The fraction of sp³-hybridized carbons (Fsp3) is 0.364. The maximum absolute atomic E-state index is 13.7. The Bertz CT molecular complexity index is 1340. The number of hydrogen-bond donors (Lipinski definition) is 1. The molecule has 3 aromatic rings. The number of carbonyl (C=O) groups excluding carboxylic acids is 1. The van der Waals surface area contributed by atoms with Crippen LogP contribution in [-0.4, -0.2) is 36.3 Å². The van der Waals surface area contributed by atoms with Crippen molar-refractivity contribution in [2.75, 3.05) is 18.4 Å². The molecule has 11 heteroatoms. The molecule has 0 saturated carbocycles. The van der Waals surface area contributed by atoms with Crippen LogP contribution in [0.4, 0.5) is 14.5 Å². The van der Waals surface area contributed by atoms with Gasteiger partial charge in [-0.05, 0) is 43.2 Å². The van der Waals surface area contributed by atoms with Crippen LogP contribution in [0.15, 0.2) is 46.1 Å². The lowest BCUT2D eigenvalue weighted by atomic mass is 10.2. The zero-order chi connectivity index (χ0) is 23.6. The molecule has 0 atom stereocenters. The van der Waals surface area contributed by atoms with Gasteiger partial charge in [-0.3, -0.25) is 14.2 Å². The van der Waals surface area contributed by atoms with E-state index in [1.807, 2.05) is 0 Å². The van der Waals surface area contributed by atoms with Crippen molar-refractivity contribution in [1.29, 1.82) is 0 Å². The van der Waals surface area contributed by atoms with Crippen molar-refractivity contribution in [2.45, 2.75) is 43.5 Å². The Morgan fingerprint density at radius 3 is 2.45 bits per heavy atom. The van der Waals surface area contributed by atoms with Gasteiger partial charge >= 0.3 is 4.87 Å². The van der Waals surface area contributed by atoms with E-state index in [2.05, 4.69) is 5.32 Å². The second kappa shape index (κ2) is 9.70. The van der Waals surface area contributed by atoms with Crippen molar-refractivity contribution in [2.24, 2.45) is 0 Å². The molecule has 1 amide bonds. The van der Waals surface area contributed by atoms with E-state index >= 15 is 0 Å².